The zero-order chi connectivity index (χ0) is 53.0. The van der Waals surface area contributed by atoms with Crippen LogP contribution < -0.4 is 0 Å². The first-order valence-electron chi connectivity index (χ1n) is 23.1. The molecular weight excluding hydrogens is 954 g/mol. The van der Waals surface area contributed by atoms with E-state index in [9.17, 15) is 55.3 Å². The first-order valence-corrected chi connectivity index (χ1v) is 23.1. The second kappa shape index (κ2) is 18.2. The summed E-state index contributed by atoms with van der Waals surface area (Å²) in [6.45, 7) is 0. The molecule has 2 heterocycles. The summed E-state index contributed by atoms with van der Waals surface area (Å²) >= 11 is 0. The first-order chi connectivity index (χ1) is 36.9. The molecule has 0 amide bonds. The zero-order valence-electron chi connectivity index (χ0n) is 39.2. The highest BCUT2D eigenvalue weighted by molar-refractivity contribution is 6.13. The van der Waals surface area contributed by atoms with Gasteiger partial charge < -0.3 is 9.13 Å². The van der Waals surface area contributed by atoms with E-state index in [-0.39, 0.29) is 44.5 Å². The molecule has 0 saturated heterocycles. The number of hydrogen-bond donors (Lipinski definition) is 0. The molecule has 0 aliphatic carbocycles. The van der Waals surface area contributed by atoms with Gasteiger partial charge in [0.25, 0.3) is 0 Å². The molecule has 350 valence electrons. The van der Waals surface area contributed by atoms with Gasteiger partial charge in [0.15, 0.2) is 0 Å². The summed E-state index contributed by atoms with van der Waals surface area (Å²) in [5.74, 6) is 0. The van der Waals surface area contributed by atoms with Crippen molar-refractivity contribution in [2.75, 3.05) is 0 Å². The number of aromatic nitrogens is 2. The average Bonchev–Trinajstić information content (AvgIpc) is 4.08. The highest BCUT2D eigenvalue weighted by Gasteiger charge is 2.32. The topological polar surface area (TPSA) is 200 Å². The van der Waals surface area contributed by atoms with Crippen molar-refractivity contribution in [3.8, 4) is 104 Å². The molecule has 13 heteroatoms. The van der Waals surface area contributed by atoms with Gasteiger partial charge in [0.1, 0.15) is 0 Å². The Morgan fingerprint density at radius 1 is 0.316 bits per heavy atom. The minimum absolute atomic E-state index is 0.137. The lowest BCUT2D eigenvalue weighted by atomic mass is 9.92. The summed E-state index contributed by atoms with van der Waals surface area (Å²) in [4.78, 5) is 0. The fraction of sp³-hybridized carbons (Fsp3) is 0.0159. The standard InChI is InChI=1S/C63H27F3N10/c64-63(65,66)47-13-15-48(42(24-47)31-70)39-10-14-51(60(27-39)76-56-8-4-2-6-50(56)54-26-41(12-18-59(54)76)62-45(34-73)21-38(30-69)22-46(62)35-74)52-23-36(28-67)9-16-57(52)75-55-7-3-1-5-49(55)53-25-40(11-17-58(53)75)61-43(32-71)19-37(29-68)20-44(61)33-72/h1-27H. The van der Waals surface area contributed by atoms with Gasteiger partial charge in [-0.25, -0.2) is 0 Å². The van der Waals surface area contributed by atoms with E-state index in [0.717, 1.165) is 39.3 Å². The number of fused-ring (bicyclic) bond motifs is 6. The van der Waals surface area contributed by atoms with Crippen molar-refractivity contribution in [2.24, 2.45) is 0 Å². The van der Waals surface area contributed by atoms with Crippen LogP contribution in [0, 0.1) is 90.6 Å². The fourth-order valence-corrected chi connectivity index (χ4v) is 10.4. The van der Waals surface area contributed by atoms with E-state index >= 15 is 0 Å². The summed E-state index contributed by atoms with van der Waals surface area (Å²) in [6.07, 6.45) is -4.71. The van der Waals surface area contributed by atoms with E-state index in [4.69, 9.17) is 0 Å². The lowest BCUT2D eigenvalue weighted by molar-refractivity contribution is -0.137. The van der Waals surface area contributed by atoms with Crippen LogP contribution in [0.5, 0.6) is 0 Å². The highest BCUT2D eigenvalue weighted by Crippen LogP contribution is 2.45. The average molecular weight is 981 g/mol. The molecule has 0 spiro atoms. The number of nitrogens with zero attached hydrogens (tertiary/aromatic N) is 10. The van der Waals surface area contributed by atoms with Crippen molar-refractivity contribution >= 4 is 43.6 Å². The Balaban J connectivity index is 1.22. The van der Waals surface area contributed by atoms with Crippen molar-refractivity contribution in [2.45, 2.75) is 6.18 Å². The molecule has 0 atom stereocenters. The second-order valence-electron chi connectivity index (χ2n) is 17.7. The van der Waals surface area contributed by atoms with Crippen molar-refractivity contribution < 1.29 is 13.2 Å². The number of halogens is 3. The maximum Gasteiger partial charge on any atom is 0.416 e. The summed E-state index contributed by atoms with van der Waals surface area (Å²) in [5, 5.41) is 84.3. The Labute approximate surface area is 430 Å². The smallest absolute Gasteiger partial charge is 0.309 e. The number of benzene rings is 9. The van der Waals surface area contributed by atoms with Gasteiger partial charge in [0.05, 0.1) is 132 Å². The molecule has 2 aromatic heterocycles. The molecular formula is C63H27F3N10. The van der Waals surface area contributed by atoms with Crippen molar-refractivity contribution in [3.63, 3.8) is 0 Å². The monoisotopic (exact) mass is 980 g/mol. The number of rotatable bonds is 6. The number of nitriles is 8. The van der Waals surface area contributed by atoms with Crippen LogP contribution in [-0.4, -0.2) is 9.13 Å². The largest absolute Gasteiger partial charge is 0.416 e. The third-order valence-electron chi connectivity index (χ3n) is 13.6. The summed E-state index contributed by atoms with van der Waals surface area (Å²) in [6, 6.07) is 62.7. The molecule has 11 rings (SSSR count). The van der Waals surface area contributed by atoms with E-state index in [1.54, 1.807) is 30.3 Å². The normalized spacial score (nSPS) is 11.0. The fourth-order valence-electron chi connectivity index (χ4n) is 10.4. The number of alkyl halides is 3. The van der Waals surface area contributed by atoms with Crippen LogP contribution in [-0.2, 0) is 6.18 Å². The molecule has 11 aromatic rings. The number of para-hydroxylation sites is 2. The van der Waals surface area contributed by atoms with E-state index in [0.29, 0.717) is 72.3 Å². The summed E-state index contributed by atoms with van der Waals surface area (Å²) in [7, 11) is 0. The molecule has 0 fully saturated rings. The van der Waals surface area contributed by atoms with Crippen LogP contribution in [0.3, 0.4) is 0 Å². The van der Waals surface area contributed by atoms with E-state index < -0.39 is 11.7 Å². The van der Waals surface area contributed by atoms with Crippen LogP contribution in [0.25, 0.3) is 99.5 Å². The molecule has 0 saturated carbocycles. The molecule has 0 aliphatic heterocycles. The maximum absolute atomic E-state index is 14.1. The molecule has 0 radical (unpaired) electrons. The van der Waals surface area contributed by atoms with Crippen LogP contribution in [0.4, 0.5) is 13.2 Å². The SMILES string of the molecule is N#Cc1cc(C#N)c(-c2ccc3c(c2)c2ccccc2n3-c2ccc(C#N)cc2-c2ccc(-c3ccc(C(F)(F)F)cc3C#N)cc2-n2c3ccccc3c3cc(-c4c(C#N)cc(C#N)cc4C#N)ccc32)c(C#N)c1. The van der Waals surface area contributed by atoms with Gasteiger partial charge in [-0.05, 0) is 119 Å². The van der Waals surface area contributed by atoms with Crippen molar-refractivity contribution in [1.82, 2.24) is 9.13 Å². The molecule has 10 nitrogen and oxygen atoms in total. The van der Waals surface area contributed by atoms with Gasteiger partial charge in [0.2, 0.25) is 0 Å². The van der Waals surface area contributed by atoms with Gasteiger partial charge in [-0.1, -0.05) is 66.7 Å². The Kier molecular flexibility index (Phi) is 11.1. The zero-order valence-corrected chi connectivity index (χ0v) is 39.2. The van der Waals surface area contributed by atoms with Crippen molar-refractivity contribution in [3.05, 3.63) is 214 Å². The van der Waals surface area contributed by atoms with Crippen LogP contribution >= 0.6 is 0 Å². The minimum Gasteiger partial charge on any atom is -0.309 e. The predicted octanol–water partition coefficient (Wildman–Crippen LogP) is 14.5. The van der Waals surface area contributed by atoms with Crippen LogP contribution in [0.1, 0.15) is 50.1 Å². The van der Waals surface area contributed by atoms with Gasteiger partial charge >= 0.3 is 6.18 Å². The molecule has 0 N–H and O–H groups in total. The summed E-state index contributed by atoms with van der Waals surface area (Å²) < 4.78 is 46.2. The second-order valence-corrected chi connectivity index (χ2v) is 17.7. The van der Waals surface area contributed by atoms with Gasteiger partial charge in [-0.3, -0.25) is 0 Å². The molecule has 0 unspecified atom stereocenters. The minimum atomic E-state index is -4.71. The third kappa shape index (κ3) is 7.44. The molecule has 9 aromatic carbocycles. The Hall–Kier alpha value is -11.7. The molecule has 0 bridgehead atoms. The lowest BCUT2D eigenvalue weighted by Gasteiger charge is -2.20. The molecule has 0 aliphatic rings. The van der Waals surface area contributed by atoms with E-state index in [1.807, 2.05) is 114 Å². The summed E-state index contributed by atoms with van der Waals surface area (Å²) in [5.41, 5.74) is 7.71. The van der Waals surface area contributed by atoms with Gasteiger partial charge in [-0.15, -0.1) is 0 Å². The highest BCUT2D eigenvalue weighted by atomic mass is 19.4. The Bertz CT molecular complexity index is 4680. The first kappa shape index (κ1) is 46.7. The maximum atomic E-state index is 14.1. The quantitative estimate of drug-likeness (QED) is 0.157. The van der Waals surface area contributed by atoms with Crippen LogP contribution in [0.2, 0.25) is 0 Å². The van der Waals surface area contributed by atoms with Crippen LogP contribution in [0.15, 0.2) is 164 Å². The predicted molar refractivity (Wildman–Crippen MR) is 280 cm³/mol. The van der Waals surface area contributed by atoms with Gasteiger partial charge in [-0.2, -0.15) is 55.3 Å². The number of hydrogen-bond acceptors (Lipinski definition) is 8. The Morgan fingerprint density at radius 2 is 0.763 bits per heavy atom. The third-order valence-corrected chi connectivity index (χ3v) is 13.6. The van der Waals surface area contributed by atoms with E-state index in [1.165, 1.54) is 30.3 Å². The lowest BCUT2D eigenvalue weighted by Crippen LogP contribution is -2.05. The van der Waals surface area contributed by atoms with Crippen molar-refractivity contribution in [1.29, 1.82) is 42.1 Å². The molecule has 76 heavy (non-hydrogen) atoms. The van der Waals surface area contributed by atoms with E-state index in [2.05, 4.69) is 34.9 Å². The van der Waals surface area contributed by atoms with Gasteiger partial charge in [0, 0.05) is 43.8 Å². The Morgan fingerprint density at radius 3 is 1.24 bits per heavy atom.